The van der Waals surface area contributed by atoms with Gasteiger partial charge in [0.15, 0.2) is 9.84 Å². The van der Waals surface area contributed by atoms with Crippen molar-refractivity contribution in [1.82, 2.24) is 14.5 Å². The van der Waals surface area contributed by atoms with Gasteiger partial charge in [-0.05, 0) is 48.2 Å². The van der Waals surface area contributed by atoms with E-state index in [4.69, 9.17) is 4.98 Å². The van der Waals surface area contributed by atoms with Crippen LogP contribution in [0.25, 0.3) is 16.7 Å². The zero-order valence-electron chi connectivity index (χ0n) is 14.2. The van der Waals surface area contributed by atoms with Crippen LogP contribution in [0.3, 0.4) is 0 Å². The second kappa shape index (κ2) is 6.66. The number of sulfone groups is 1. The zero-order valence-corrected chi connectivity index (χ0v) is 15.8. The summed E-state index contributed by atoms with van der Waals surface area (Å²) in [5, 5.41) is 3.03. The Morgan fingerprint density at radius 1 is 1.08 bits per heavy atom. The SMILES string of the molecule is CS(=O)(=O)c1ccc(-n2ccc3cnc(CCc4cccs4)nc32)cc1. The van der Waals surface area contributed by atoms with E-state index in [2.05, 4.69) is 22.5 Å². The fourth-order valence-electron chi connectivity index (χ4n) is 2.83. The number of thiophene rings is 1. The van der Waals surface area contributed by atoms with Crippen molar-refractivity contribution in [3.05, 3.63) is 70.9 Å². The number of benzene rings is 1. The van der Waals surface area contributed by atoms with Crippen LogP contribution in [0, 0.1) is 0 Å². The fraction of sp³-hybridized carbons (Fsp3) is 0.158. The van der Waals surface area contributed by atoms with Crippen LogP contribution in [0.4, 0.5) is 0 Å². The molecule has 4 rings (SSSR count). The standard InChI is InChI=1S/C19H17N3O2S2/c1-26(23,24)17-7-4-15(5-8-17)22-11-10-14-13-20-18(21-19(14)22)9-6-16-3-2-12-25-16/h2-5,7-8,10-13H,6,9H2,1H3. The molecular formula is C19H17N3O2S2. The first-order valence-corrected chi connectivity index (χ1v) is 10.9. The zero-order chi connectivity index (χ0) is 18.1. The van der Waals surface area contributed by atoms with Gasteiger partial charge in [-0.3, -0.25) is 0 Å². The third kappa shape index (κ3) is 3.40. The van der Waals surface area contributed by atoms with E-state index in [1.54, 1.807) is 35.6 Å². The number of aryl methyl sites for hydroxylation is 2. The first kappa shape index (κ1) is 16.9. The highest BCUT2D eigenvalue weighted by Crippen LogP contribution is 2.20. The molecular weight excluding hydrogens is 366 g/mol. The van der Waals surface area contributed by atoms with Crippen LogP contribution in [-0.4, -0.2) is 29.2 Å². The van der Waals surface area contributed by atoms with E-state index in [0.717, 1.165) is 35.4 Å². The molecule has 0 radical (unpaired) electrons. The van der Waals surface area contributed by atoms with Crippen LogP contribution in [-0.2, 0) is 22.7 Å². The molecule has 7 heteroatoms. The molecule has 0 atom stereocenters. The molecule has 0 fully saturated rings. The Morgan fingerprint density at radius 2 is 1.88 bits per heavy atom. The predicted octanol–water partition coefficient (Wildman–Crippen LogP) is 3.67. The molecule has 0 bridgehead atoms. The summed E-state index contributed by atoms with van der Waals surface area (Å²) in [6, 6.07) is 13.0. The van der Waals surface area contributed by atoms with Gasteiger partial charge in [0, 0.05) is 41.0 Å². The van der Waals surface area contributed by atoms with E-state index >= 15 is 0 Å². The number of aromatic nitrogens is 3. The van der Waals surface area contributed by atoms with E-state index in [9.17, 15) is 8.42 Å². The van der Waals surface area contributed by atoms with Crippen LogP contribution in [0.5, 0.6) is 0 Å². The molecule has 3 aromatic heterocycles. The van der Waals surface area contributed by atoms with E-state index in [0.29, 0.717) is 4.90 Å². The van der Waals surface area contributed by atoms with Crippen molar-refractivity contribution in [3.63, 3.8) is 0 Å². The van der Waals surface area contributed by atoms with Gasteiger partial charge >= 0.3 is 0 Å². The summed E-state index contributed by atoms with van der Waals surface area (Å²) in [6.07, 6.45) is 6.69. The minimum atomic E-state index is -3.20. The maximum atomic E-state index is 11.6. The summed E-state index contributed by atoms with van der Waals surface area (Å²) in [4.78, 5) is 10.8. The Kier molecular flexibility index (Phi) is 4.34. The summed E-state index contributed by atoms with van der Waals surface area (Å²) in [6.45, 7) is 0. The van der Waals surface area contributed by atoms with Crippen molar-refractivity contribution in [3.8, 4) is 5.69 Å². The molecule has 26 heavy (non-hydrogen) atoms. The van der Waals surface area contributed by atoms with Gasteiger partial charge in [-0.25, -0.2) is 18.4 Å². The van der Waals surface area contributed by atoms with Gasteiger partial charge in [-0.2, -0.15) is 0 Å². The van der Waals surface area contributed by atoms with Gasteiger partial charge in [0.2, 0.25) is 0 Å². The van der Waals surface area contributed by atoms with Crippen LogP contribution in [0.15, 0.2) is 65.1 Å². The topological polar surface area (TPSA) is 64.8 Å². The number of hydrogen-bond donors (Lipinski definition) is 0. The molecule has 0 unspecified atom stereocenters. The number of nitrogens with zero attached hydrogens (tertiary/aromatic N) is 3. The predicted molar refractivity (Wildman–Crippen MR) is 104 cm³/mol. The number of rotatable bonds is 5. The lowest BCUT2D eigenvalue weighted by molar-refractivity contribution is 0.602. The lowest BCUT2D eigenvalue weighted by atomic mass is 10.2. The monoisotopic (exact) mass is 383 g/mol. The Bertz CT molecular complexity index is 1150. The molecule has 0 saturated carbocycles. The average molecular weight is 383 g/mol. The molecule has 0 aliphatic rings. The molecule has 0 saturated heterocycles. The molecule has 3 heterocycles. The molecule has 4 aromatic rings. The van der Waals surface area contributed by atoms with Gasteiger partial charge in [0.25, 0.3) is 0 Å². The number of hydrogen-bond acceptors (Lipinski definition) is 5. The Balaban J connectivity index is 1.66. The van der Waals surface area contributed by atoms with Crippen LogP contribution in [0.1, 0.15) is 10.7 Å². The molecule has 0 amide bonds. The van der Waals surface area contributed by atoms with E-state index < -0.39 is 9.84 Å². The second-order valence-corrected chi connectivity index (χ2v) is 9.14. The minimum Gasteiger partial charge on any atom is -0.301 e. The quantitative estimate of drug-likeness (QED) is 0.527. The molecule has 0 aliphatic carbocycles. The maximum Gasteiger partial charge on any atom is 0.175 e. The summed E-state index contributed by atoms with van der Waals surface area (Å²) < 4.78 is 25.2. The van der Waals surface area contributed by atoms with Crippen molar-refractivity contribution < 1.29 is 8.42 Å². The summed E-state index contributed by atoms with van der Waals surface area (Å²) in [7, 11) is -3.20. The van der Waals surface area contributed by atoms with Gasteiger partial charge in [-0.1, -0.05) is 6.07 Å². The first-order valence-electron chi connectivity index (χ1n) is 8.16. The lowest BCUT2D eigenvalue weighted by Crippen LogP contribution is -2.01. The number of fused-ring (bicyclic) bond motifs is 1. The smallest absolute Gasteiger partial charge is 0.175 e. The highest BCUT2D eigenvalue weighted by Gasteiger charge is 2.10. The van der Waals surface area contributed by atoms with Gasteiger partial charge in [-0.15, -0.1) is 11.3 Å². The Labute approximate surface area is 155 Å². The molecule has 132 valence electrons. The van der Waals surface area contributed by atoms with Crippen molar-refractivity contribution in [2.24, 2.45) is 0 Å². The molecule has 0 aliphatic heterocycles. The van der Waals surface area contributed by atoms with Crippen LogP contribution >= 0.6 is 11.3 Å². The second-order valence-electron chi connectivity index (χ2n) is 6.10. The Hall–Kier alpha value is -2.51. The van der Waals surface area contributed by atoms with E-state index in [1.165, 1.54) is 11.1 Å². The van der Waals surface area contributed by atoms with Crippen LogP contribution < -0.4 is 0 Å². The van der Waals surface area contributed by atoms with Crippen molar-refractivity contribution in [2.45, 2.75) is 17.7 Å². The fourth-order valence-corrected chi connectivity index (χ4v) is 4.17. The summed E-state index contributed by atoms with van der Waals surface area (Å²) in [5.74, 6) is 0.804. The third-order valence-electron chi connectivity index (χ3n) is 4.20. The Morgan fingerprint density at radius 3 is 2.58 bits per heavy atom. The average Bonchev–Trinajstić information content (AvgIpc) is 3.28. The molecule has 0 spiro atoms. The highest BCUT2D eigenvalue weighted by atomic mass is 32.2. The maximum absolute atomic E-state index is 11.6. The molecule has 1 aromatic carbocycles. The molecule has 5 nitrogen and oxygen atoms in total. The lowest BCUT2D eigenvalue weighted by Gasteiger charge is -2.07. The third-order valence-corrected chi connectivity index (χ3v) is 6.26. The van der Waals surface area contributed by atoms with Gasteiger partial charge < -0.3 is 4.57 Å². The van der Waals surface area contributed by atoms with Gasteiger partial charge in [0.05, 0.1) is 4.90 Å². The molecule has 0 N–H and O–H groups in total. The van der Waals surface area contributed by atoms with Crippen molar-refractivity contribution >= 4 is 32.2 Å². The summed E-state index contributed by atoms with van der Waals surface area (Å²) in [5.41, 5.74) is 1.70. The highest BCUT2D eigenvalue weighted by molar-refractivity contribution is 7.90. The van der Waals surface area contributed by atoms with E-state index in [-0.39, 0.29) is 0 Å². The van der Waals surface area contributed by atoms with E-state index in [1.807, 2.05) is 23.0 Å². The van der Waals surface area contributed by atoms with Crippen molar-refractivity contribution in [2.75, 3.05) is 6.26 Å². The van der Waals surface area contributed by atoms with Gasteiger partial charge in [0.1, 0.15) is 11.5 Å². The largest absolute Gasteiger partial charge is 0.301 e. The van der Waals surface area contributed by atoms with Crippen molar-refractivity contribution in [1.29, 1.82) is 0 Å². The van der Waals surface area contributed by atoms with Crippen LogP contribution in [0.2, 0.25) is 0 Å². The normalized spacial score (nSPS) is 11.9. The minimum absolute atomic E-state index is 0.309. The first-order chi connectivity index (χ1) is 12.5. The summed E-state index contributed by atoms with van der Waals surface area (Å²) >= 11 is 1.74.